The number of hydrogen-bond acceptors (Lipinski definition) is 4. The van der Waals surface area contributed by atoms with Crippen LogP contribution in [0.3, 0.4) is 0 Å². The van der Waals surface area contributed by atoms with Crippen LogP contribution in [0.4, 0.5) is 0 Å². The molecule has 1 atom stereocenters. The normalized spacial score (nSPS) is 12.1. The lowest BCUT2D eigenvalue weighted by molar-refractivity contribution is -0.149. The topological polar surface area (TPSA) is 55.7 Å². The summed E-state index contributed by atoms with van der Waals surface area (Å²) in [6, 6.07) is 9.54. The van der Waals surface area contributed by atoms with Gasteiger partial charge in [0.15, 0.2) is 6.04 Å². The maximum absolute atomic E-state index is 11.6. The van der Waals surface area contributed by atoms with E-state index in [-0.39, 0.29) is 6.10 Å². The molecule has 1 rings (SSSR count). The van der Waals surface area contributed by atoms with E-state index in [0.717, 1.165) is 32.1 Å². The molecule has 0 radical (unpaired) electrons. The predicted octanol–water partition coefficient (Wildman–Crippen LogP) is 4.27. The molecule has 0 aromatic heterocycles. The van der Waals surface area contributed by atoms with Crippen molar-refractivity contribution in [3.63, 3.8) is 0 Å². The van der Waals surface area contributed by atoms with E-state index >= 15 is 0 Å². The van der Waals surface area contributed by atoms with Crippen LogP contribution in [0, 0.1) is 4.91 Å². The Bertz CT molecular complexity index is 417. The zero-order valence-corrected chi connectivity index (χ0v) is 13.0. The molecular formula is C17H25NO3. The Kier molecular flexibility index (Phi) is 8.32. The summed E-state index contributed by atoms with van der Waals surface area (Å²) in [6.07, 6.45) is 5.42. The molecule has 0 bridgehead atoms. The summed E-state index contributed by atoms with van der Waals surface area (Å²) in [6.45, 7) is 3.53. The average Bonchev–Trinajstić information content (AvgIpc) is 2.46. The molecule has 0 saturated heterocycles. The summed E-state index contributed by atoms with van der Waals surface area (Å²) in [7, 11) is 0. The summed E-state index contributed by atoms with van der Waals surface area (Å²) in [4.78, 5) is 22.3. The molecule has 0 N–H and O–H groups in total. The van der Waals surface area contributed by atoms with Crippen molar-refractivity contribution in [1.29, 1.82) is 0 Å². The third-order valence-corrected chi connectivity index (χ3v) is 3.29. The van der Waals surface area contributed by atoms with Crippen molar-refractivity contribution < 1.29 is 9.53 Å². The highest BCUT2D eigenvalue weighted by molar-refractivity contribution is 5.76. The van der Waals surface area contributed by atoms with Gasteiger partial charge in [0, 0.05) is 0 Å². The second-order valence-electron chi connectivity index (χ2n) is 5.55. The number of unbranched alkanes of at least 4 members (excludes halogenated alkanes) is 3. The molecule has 0 aliphatic carbocycles. The summed E-state index contributed by atoms with van der Waals surface area (Å²) < 4.78 is 5.01. The first-order chi connectivity index (χ1) is 10.1. The number of carbonyl (C=O) groups excluding carboxylic acids is 1. The van der Waals surface area contributed by atoms with E-state index < -0.39 is 12.0 Å². The van der Waals surface area contributed by atoms with E-state index in [2.05, 4.69) is 29.4 Å². The van der Waals surface area contributed by atoms with Crippen molar-refractivity contribution in [3.05, 3.63) is 40.8 Å². The molecule has 0 saturated carbocycles. The van der Waals surface area contributed by atoms with E-state index in [0.29, 0.717) is 6.42 Å². The molecule has 0 amide bonds. The predicted molar refractivity (Wildman–Crippen MR) is 84.0 cm³/mol. The minimum Gasteiger partial charge on any atom is -0.461 e. The van der Waals surface area contributed by atoms with E-state index in [4.69, 9.17) is 4.74 Å². The monoisotopic (exact) mass is 291 g/mol. The fraction of sp³-hybridized carbons (Fsp3) is 0.588. The lowest BCUT2D eigenvalue weighted by Gasteiger charge is -2.11. The Labute approximate surface area is 126 Å². The largest absolute Gasteiger partial charge is 0.461 e. The van der Waals surface area contributed by atoms with Crippen LogP contribution in [-0.2, 0) is 16.0 Å². The third kappa shape index (κ3) is 7.59. The molecule has 4 nitrogen and oxygen atoms in total. The number of esters is 1. The number of carbonyl (C=O) groups is 1. The minimum atomic E-state index is -0.846. The number of hydrogen-bond donors (Lipinski definition) is 0. The van der Waals surface area contributed by atoms with Gasteiger partial charge < -0.3 is 4.74 Å². The van der Waals surface area contributed by atoms with E-state index in [1.165, 1.54) is 5.56 Å². The van der Waals surface area contributed by atoms with Gasteiger partial charge in [-0.15, -0.1) is 4.91 Å². The third-order valence-electron chi connectivity index (χ3n) is 3.29. The van der Waals surface area contributed by atoms with Crippen LogP contribution in [0.2, 0.25) is 0 Å². The van der Waals surface area contributed by atoms with Gasteiger partial charge in [-0.3, -0.25) is 0 Å². The zero-order chi connectivity index (χ0) is 15.5. The molecule has 0 fully saturated rings. The number of ether oxygens (including phenoxy) is 1. The van der Waals surface area contributed by atoms with Crippen LogP contribution in [0.1, 0.15) is 51.5 Å². The molecule has 1 aromatic carbocycles. The Balaban J connectivity index is 2.12. The second kappa shape index (κ2) is 10.1. The molecule has 0 heterocycles. The number of aryl methyl sites for hydroxylation is 1. The fourth-order valence-electron chi connectivity index (χ4n) is 2.19. The van der Waals surface area contributed by atoms with Crippen molar-refractivity contribution in [2.75, 3.05) is 0 Å². The standard InChI is InChI=1S/C17H25NO3/c1-14(2)21-17(19)16(18-20)13-9-4-3-6-10-15-11-7-5-8-12-15/h5,7-8,11-12,14,16H,3-4,6,9-10,13H2,1-2H3. The summed E-state index contributed by atoms with van der Waals surface area (Å²) in [5.41, 5.74) is 1.35. The highest BCUT2D eigenvalue weighted by Gasteiger charge is 2.21. The highest BCUT2D eigenvalue weighted by atomic mass is 16.5. The average molecular weight is 291 g/mol. The molecule has 4 heteroatoms. The second-order valence-corrected chi connectivity index (χ2v) is 5.55. The smallest absolute Gasteiger partial charge is 0.334 e. The van der Waals surface area contributed by atoms with Crippen LogP contribution in [0.15, 0.2) is 35.5 Å². The van der Waals surface area contributed by atoms with Crippen LogP contribution < -0.4 is 0 Å². The van der Waals surface area contributed by atoms with Gasteiger partial charge in [-0.05, 0) is 38.7 Å². The molecule has 1 unspecified atom stereocenters. The number of nitroso groups, excluding NO2 is 1. The SMILES string of the molecule is CC(C)OC(=O)C(CCCCCCc1ccccc1)N=O. The first-order valence-corrected chi connectivity index (χ1v) is 7.70. The fourth-order valence-corrected chi connectivity index (χ4v) is 2.19. The summed E-state index contributed by atoms with van der Waals surface area (Å²) in [5, 5.41) is 2.88. The summed E-state index contributed by atoms with van der Waals surface area (Å²) in [5.74, 6) is -0.496. The van der Waals surface area contributed by atoms with Crippen LogP contribution in [-0.4, -0.2) is 18.1 Å². The van der Waals surface area contributed by atoms with Crippen molar-refractivity contribution in [2.45, 2.75) is 64.5 Å². The highest BCUT2D eigenvalue weighted by Crippen LogP contribution is 2.12. The van der Waals surface area contributed by atoms with Crippen LogP contribution >= 0.6 is 0 Å². The van der Waals surface area contributed by atoms with Crippen molar-refractivity contribution >= 4 is 5.97 Å². The number of rotatable bonds is 10. The van der Waals surface area contributed by atoms with Gasteiger partial charge in [-0.1, -0.05) is 54.8 Å². The molecule has 116 valence electrons. The van der Waals surface area contributed by atoms with E-state index in [9.17, 15) is 9.70 Å². The van der Waals surface area contributed by atoms with E-state index in [1.807, 2.05) is 6.07 Å². The van der Waals surface area contributed by atoms with Crippen LogP contribution in [0.25, 0.3) is 0 Å². The number of nitrogens with zero attached hydrogens (tertiary/aromatic N) is 1. The van der Waals surface area contributed by atoms with Gasteiger partial charge in [-0.25, -0.2) is 4.79 Å². The van der Waals surface area contributed by atoms with Crippen molar-refractivity contribution in [1.82, 2.24) is 0 Å². The molecule has 1 aromatic rings. The Morgan fingerprint density at radius 2 is 1.76 bits per heavy atom. The minimum absolute atomic E-state index is 0.201. The van der Waals surface area contributed by atoms with Crippen molar-refractivity contribution in [3.8, 4) is 0 Å². The zero-order valence-electron chi connectivity index (χ0n) is 13.0. The molecular weight excluding hydrogens is 266 g/mol. The molecule has 0 aliphatic rings. The lowest BCUT2D eigenvalue weighted by Crippen LogP contribution is -2.24. The quantitative estimate of drug-likeness (QED) is 0.367. The first kappa shape index (κ1) is 17.3. The maximum atomic E-state index is 11.6. The molecule has 0 spiro atoms. The van der Waals surface area contributed by atoms with Gasteiger partial charge in [0.25, 0.3) is 0 Å². The molecule has 0 aliphatic heterocycles. The van der Waals surface area contributed by atoms with Gasteiger partial charge in [0.05, 0.1) is 6.10 Å². The van der Waals surface area contributed by atoms with Gasteiger partial charge in [0.1, 0.15) is 0 Å². The number of benzene rings is 1. The lowest BCUT2D eigenvalue weighted by atomic mass is 10.0. The van der Waals surface area contributed by atoms with Gasteiger partial charge in [-0.2, -0.15) is 0 Å². The molecule has 21 heavy (non-hydrogen) atoms. The van der Waals surface area contributed by atoms with E-state index in [1.54, 1.807) is 13.8 Å². The Hall–Kier alpha value is -1.71. The summed E-state index contributed by atoms with van der Waals surface area (Å²) >= 11 is 0. The van der Waals surface area contributed by atoms with Crippen LogP contribution in [0.5, 0.6) is 0 Å². The maximum Gasteiger partial charge on any atom is 0.334 e. The van der Waals surface area contributed by atoms with Crippen molar-refractivity contribution in [2.24, 2.45) is 5.18 Å². The Morgan fingerprint density at radius 3 is 2.38 bits per heavy atom. The Morgan fingerprint density at radius 1 is 1.10 bits per heavy atom. The van der Waals surface area contributed by atoms with Gasteiger partial charge >= 0.3 is 5.97 Å². The van der Waals surface area contributed by atoms with Gasteiger partial charge in [0.2, 0.25) is 0 Å². The first-order valence-electron chi connectivity index (χ1n) is 7.70.